The predicted octanol–water partition coefficient (Wildman–Crippen LogP) is 3.44. The lowest BCUT2D eigenvalue weighted by Crippen LogP contribution is -2.49. The van der Waals surface area contributed by atoms with Gasteiger partial charge in [0.15, 0.2) is 6.10 Å². The molecule has 0 aliphatic carbocycles. The molecule has 2 N–H and O–H groups in total. The van der Waals surface area contributed by atoms with Gasteiger partial charge in [-0.15, -0.1) is 0 Å². The van der Waals surface area contributed by atoms with Gasteiger partial charge in [-0.05, 0) is 43.9 Å². The molecule has 7 heteroatoms. The van der Waals surface area contributed by atoms with Crippen molar-refractivity contribution in [3.05, 3.63) is 39.7 Å². The van der Waals surface area contributed by atoms with Crippen LogP contribution in [0.1, 0.15) is 51.7 Å². The minimum Gasteiger partial charge on any atom is -0.480 e. The van der Waals surface area contributed by atoms with E-state index in [4.69, 9.17) is 9.15 Å². The molecular weight excluding hydrogens is 374 g/mol. The molecular formula is C22H29NO6. The van der Waals surface area contributed by atoms with Crippen molar-refractivity contribution in [3.8, 4) is 5.75 Å². The second kappa shape index (κ2) is 9.58. The van der Waals surface area contributed by atoms with Gasteiger partial charge >= 0.3 is 11.6 Å². The van der Waals surface area contributed by atoms with E-state index in [2.05, 4.69) is 5.32 Å². The molecule has 0 saturated heterocycles. The first-order valence-electron chi connectivity index (χ1n) is 9.95. The number of amides is 1. The SMILES string of the molecule is CCCc1cc(=O)oc2c(C)c(OC(C)C(=O)NC(C(=O)O)C(C)CC)ccc12. The number of carboxylic acid groups (broad SMARTS) is 1. The van der Waals surface area contributed by atoms with E-state index in [0.29, 0.717) is 23.3 Å². The summed E-state index contributed by atoms with van der Waals surface area (Å²) in [5, 5.41) is 12.7. The van der Waals surface area contributed by atoms with Crippen molar-refractivity contribution in [2.45, 2.75) is 66.0 Å². The molecule has 7 nitrogen and oxygen atoms in total. The normalized spacial score (nSPS) is 14.2. The van der Waals surface area contributed by atoms with Crippen molar-refractivity contribution in [3.63, 3.8) is 0 Å². The maximum Gasteiger partial charge on any atom is 0.336 e. The number of nitrogens with one attached hydrogen (secondary N) is 1. The van der Waals surface area contributed by atoms with Crippen LogP contribution in [0.4, 0.5) is 0 Å². The summed E-state index contributed by atoms with van der Waals surface area (Å²) in [6.45, 7) is 8.99. The predicted molar refractivity (Wildman–Crippen MR) is 110 cm³/mol. The topological polar surface area (TPSA) is 106 Å². The third kappa shape index (κ3) is 5.16. The lowest BCUT2D eigenvalue weighted by molar-refractivity contribution is -0.144. The first-order chi connectivity index (χ1) is 13.7. The number of hydrogen-bond acceptors (Lipinski definition) is 5. The van der Waals surface area contributed by atoms with Gasteiger partial charge in [-0.2, -0.15) is 0 Å². The molecule has 2 rings (SSSR count). The number of carbonyl (C=O) groups excluding carboxylic acids is 1. The Labute approximate surface area is 170 Å². The van der Waals surface area contributed by atoms with Crippen LogP contribution >= 0.6 is 0 Å². The monoisotopic (exact) mass is 403 g/mol. The Hall–Kier alpha value is -2.83. The van der Waals surface area contributed by atoms with Gasteiger partial charge in [-0.3, -0.25) is 4.79 Å². The van der Waals surface area contributed by atoms with Crippen LogP contribution in [0, 0.1) is 12.8 Å². The molecule has 1 aromatic carbocycles. The Balaban J connectivity index is 2.27. The van der Waals surface area contributed by atoms with E-state index >= 15 is 0 Å². The van der Waals surface area contributed by atoms with E-state index in [1.54, 1.807) is 26.8 Å². The Morgan fingerprint density at radius 1 is 1.24 bits per heavy atom. The molecule has 0 fully saturated rings. The zero-order valence-electron chi connectivity index (χ0n) is 17.6. The molecule has 1 heterocycles. The van der Waals surface area contributed by atoms with E-state index in [1.165, 1.54) is 6.07 Å². The summed E-state index contributed by atoms with van der Waals surface area (Å²) in [6, 6.07) is 4.08. The molecule has 0 radical (unpaired) electrons. The third-order valence-electron chi connectivity index (χ3n) is 5.17. The number of aryl methyl sites for hydroxylation is 2. The third-order valence-corrected chi connectivity index (χ3v) is 5.17. The summed E-state index contributed by atoms with van der Waals surface area (Å²) in [6.07, 6.45) is 1.36. The van der Waals surface area contributed by atoms with E-state index in [1.807, 2.05) is 19.9 Å². The van der Waals surface area contributed by atoms with Crippen molar-refractivity contribution in [2.24, 2.45) is 5.92 Å². The van der Waals surface area contributed by atoms with Crippen LogP contribution in [0.2, 0.25) is 0 Å². The first-order valence-corrected chi connectivity index (χ1v) is 9.95. The van der Waals surface area contributed by atoms with Gasteiger partial charge in [0, 0.05) is 17.0 Å². The molecule has 3 unspecified atom stereocenters. The minimum atomic E-state index is -1.08. The molecule has 0 saturated carbocycles. The Bertz CT molecular complexity index is 948. The minimum absolute atomic E-state index is 0.211. The number of hydrogen-bond donors (Lipinski definition) is 2. The number of benzene rings is 1. The summed E-state index contributed by atoms with van der Waals surface area (Å²) < 4.78 is 11.2. The van der Waals surface area contributed by atoms with Crippen LogP contribution in [0.5, 0.6) is 5.75 Å². The molecule has 1 amide bonds. The molecule has 1 aromatic heterocycles. The smallest absolute Gasteiger partial charge is 0.336 e. The van der Waals surface area contributed by atoms with Crippen LogP contribution in [0.3, 0.4) is 0 Å². The van der Waals surface area contributed by atoms with Crippen molar-refractivity contribution in [2.75, 3.05) is 0 Å². The van der Waals surface area contributed by atoms with Gasteiger partial charge in [0.1, 0.15) is 17.4 Å². The highest BCUT2D eigenvalue weighted by Gasteiger charge is 2.28. The van der Waals surface area contributed by atoms with Crippen LogP contribution < -0.4 is 15.7 Å². The maximum absolute atomic E-state index is 12.5. The standard InChI is InChI=1S/C22H29NO6/c1-6-8-15-11-18(24)29-20-13(4)17(10-9-16(15)20)28-14(5)21(25)23-19(22(26)27)12(3)7-2/h9-12,14,19H,6-8H2,1-5H3,(H,23,25)(H,26,27). The Kier molecular flexibility index (Phi) is 7.42. The maximum atomic E-state index is 12.5. The number of rotatable bonds is 9. The van der Waals surface area contributed by atoms with Gasteiger partial charge < -0.3 is 19.6 Å². The summed E-state index contributed by atoms with van der Waals surface area (Å²) in [7, 11) is 0. The quantitative estimate of drug-likeness (QED) is 0.621. The van der Waals surface area contributed by atoms with Crippen molar-refractivity contribution >= 4 is 22.8 Å². The number of fused-ring (bicyclic) bond motifs is 1. The number of carboxylic acids is 1. The average molecular weight is 403 g/mol. The van der Waals surface area contributed by atoms with E-state index in [0.717, 1.165) is 23.8 Å². The molecule has 2 aromatic rings. The fourth-order valence-corrected chi connectivity index (χ4v) is 3.21. The molecule has 29 heavy (non-hydrogen) atoms. The van der Waals surface area contributed by atoms with Crippen molar-refractivity contribution in [1.29, 1.82) is 0 Å². The second-order valence-corrected chi connectivity index (χ2v) is 7.38. The molecule has 0 aliphatic rings. The van der Waals surface area contributed by atoms with Gasteiger partial charge in [-0.25, -0.2) is 9.59 Å². The molecule has 158 valence electrons. The number of ether oxygens (including phenoxy) is 1. The van der Waals surface area contributed by atoms with Crippen molar-refractivity contribution < 1.29 is 23.8 Å². The van der Waals surface area contributed by atoms with Crippen LogP contribution in [0.15, 0.2) is 27.4 Å². The molecule has 0 bridgehead atoms. The number of aliphatic carboxylic acids is 1. The molecule has 0 spiro atoms. The molecule has 0 aliphatic heterocycles. The Morgan fingerprint density at radius 3 is 2.52 bits per heavy atom. The van der Waals surface area contributed by atoms with Gasteiger partial charge in [-0.1, -0.05) is 33.6 Å². The zero-order chi connectivity index (χ0) is 21.7. The average Bonchev–Trinajstić information content (AvgIpc) is 2.67. The fraction of sp³-hybridized carbons (Fsp3) is 0.500. The van der Waals surface area contributed by atoms with Gasteiger partial charge in [0.2, 0.25) is 0 Å². The lowest BCUT2D eigenvalue weighted by Gasteiger charge is -2.23. The van der Waals surface area contributed by atoms with Crippen molar-refractivity contribution in [1.82, 2.24) is 5.32 Å². The van der Waals surface area contributed by atoms with Crippen LogP contribution in [0.25, 0.3) is 11.0 Å². The van der Waals surface area contributed by atoms with Crippen LogP contribution in [-0.2, 0) is 16.0 Å². The summed E-state index contributed by atoms with van der Waals surface area (Å²) in [4.78, 5) is 35.8. The second-order valence-electron chi connectivity index (χ2n) is 7.38. The van der Waals surface area contributed by atoms with E-state index < -0.39 is 29.6 Å². The lowest BCUT2D eigenvalue weighted by atomic mass is 9.99. The van der Waals surface area contributed by atoms with Gasteiger partial charge in [0.05, 0.1) is 0 Å². The summed E-state index contributed by atoms with van der Waals surface area (Å²) in [5.41, 5.74) is 1.55. The van der Waals surface area contributed by atoms with Crippen LogP contribution in [-0.4, -0.2) is 29.1 Å². The summed E-state index contributed by atoms with van der Waals surface area (Å²) >= 11 is 0. The summed E-state index contributed by atoms with van der Waals surface area (Å²) in [5.74, 6) is -1.39. The Morgan fingerprint density at radius 2 is 1.93 bits per heavy atom. The highest BCUT2D eigenvalue weighted by Crippen LogP contribution is 2.29. The van der Waals surface area contributed by atoms with Gasteiger partial charge in [0.25, 0.3) is 5.91 Å². The highest BCUT2D eigenvalue weighted by molar-refractivity contribution is 5.87. The molecule has 3 atom stereocenters. The highest BCUT2D eigenvalue weighted by atomic mass is 16.5. The van der Waals surface area contributed by atoms with E-state index in [9.17, 15) is 19.5 Å². The fourth-order valence-electron chi connectivity index (χ4n) is 3.21. The number of carbonyl (C=O) groups is 2. The zero-order valence-corrected chi connectivity index (χ0v) is 17.6. The first kappa shape index (κ1) is 22.5. The largest absolute Gasteiger partial charge is 0.480 e. The van der Waals surface area contributed by atoms with E-state index in [-0.39, 0.29) is 5.92 Å².